The van der Waals surface area contributed by atoms with Crippen molar-refractivity contribution >= 4 is 29.1 Å². The number of likely N-dealkylation sites (tertiary alicyclic amines) is 1. The first-order valence-corrected chi connectivity index (χ1v) is 9.51. The van der Waals surface area contributed by atoms with E-state index in [2.05, 4.69) is 25.5 Å². The molecule has 1 fully saturated rings. The Balaban J connectivity index is 1.52. The van der Waals surface area contributed by atoms with Crippen LogP contribution in [0.5, 0.6) is 0 Å². The number of benzene rings is 1. The van der Waals surface area contributed by atoms with E-state index in [1.54, 1.807) is 18.3 Å². The number of hydrogen-bond donors (Lipinski definition) is 2. The summed E-state index contributed by atoms with van der Waals surface area (Å²) in [5.74, 6) is 0.372. The summed E-state index contributed by atoms with van der Waals surface area (Å²) in [6.45, 7) is 4.31. The van der Waals surface area contributed by atoms with Gasteiger partial charge in [-0.25, -0.2) is 9.78 Å². The molecule has 2 aromatic rings. The number of nitrogens with zero attached hydrogens (tertiary/aromatic N) is 3. The fourth-order valence-corrected chi connectivity index (χ4v) is 3.16. The molecule has 3 rings (SSSR count). The number of anilines is 2. The summed E-state index contributed by atoms with van der Waals surface area (Å²) in [6, 6.07) is 4.95. The van der Waals surface area contributed by atoms with Gasteiger partial charge in [-0.1, -0.05) is 24.1 Å². The third-order valence-electron chi connectivity index (χ3n) is 4.38. The first-order valence-electron chi connectivity index (χ1n) is 9.13. The van der Waals surface area contributed by atoms with Gasteiger partial charge in [0.2, 0.25) is 0 Å². The van der Waals surface area contributed by atoms with E-state index in [-0.39, 0.29) is 0 Å². The fraction of sp³-hybridized carbons (Fsp3) is 0.421. The van der Waals surface area contributed by atoms with Gasteiger partial charge in [0.25, 0.3) is 0 Å². The third-order valence-corrected chi connectivity index (χ3v) is 4.62. The number of amides is 2. The molecule has 1 aliphatic heterocycles. The Labute approximate surface area is 164 Å². The molecular weight excluding hydrogens is 366 g/mol. The topological polar surface area (TPSA) is 79.4 Å². The maximum Gasteiger partial charge on any atom is 0.324 e. The van der Waals surface area contributed by atoms with Gasteiger partial charge in [0, 0.05) is 35.2 Å². The van der Waals surface area contributed by atoms with Crippen LogP contribution in [0.4, 0.5) is 16.3 Å². The van der Waals surface area contributed by atoms with Crippen LogP contribution in [0, 0.1) is 0 Å². The second kappa shape index (κ2) is 10.2. The molecule has 0 spiro atoms. The lowest BCUT2D eigenvalue weighted by Crippen LogP contribution is -2.32. The number of urea groups is 1. The quantitative estimate of drug-likeness (QED) is 0.704. The SMILES string of the molecule is O=C(Nc1cnccn1)Nc1cc(Cl)ccc1COCCN1CCCCC1. The van der Waals surface area contributed by atoms with E-state index in [9.17, 15) is 4.79 Å². The zero-order chi connectivity index (χ0) is 18.9. The number of hydrogen-bond acceptors (Lipinski definition) is 5. The molecule has 2 N–H and O–H groups in total. The summed E-state index contributed by atoms with van der Waals surface area (Å²) in [7, 11) is 0. The van der Waals surface area contributed by atoms with Crippen LogP contribution in [0.2, 0.25) is 5.02 Å². The van der Waals surface area contributed by atoms with Gasteiger partial charge in [-0.15, -0.1) is 0 Å². The van der Waals surface area contributed by atoms with E-state index in [0.717, 1.165) is 25.2 Å². The Kier molecular flexibility index (Phi) is 7.38. The van der Waals surface area contributed by atoms with Crippen LogP contribution in [0.3, 0.4) is 0 Å². The number of halogens is 1. The first-order chi connectivity index (χ1) is 13.2. The van der Waals surface area contributed by atoms with Gasteiger partial charge in [-0.2, -0.15) is 0 Å². The van der Waals surface area contributed by atoms with Crippen molar-refractivity contribution in [3.05, 3.63) is 47.4 Å². The highest BCUT2D eigenvalue weighted by molar-refractivity contribution is 6.31. The summed E-state index contributed by atoms with van der Waals surface area (Å²) in [5.41, 5.74) is 1.48. The van der Waals surface area contributed by atoms with Crippen molar-refractivity contribution in [1.29, 1.82) is 0 Å². The number of piperidine rings is 1. The molecule has 1 aromatic heterocycles. The van der Waals surface area contributed by atoms with Crippen molar-refractivity contribution in [3.63, 3.8) is 0 Å². The minimum absolute atomic E-state index is 0.372. The zero-order valence-electron chi connectivity index (χ0n) is 15.2. The number of ether oxygens (including phenoxy) is 1. The zero-order valence-corrected chi connectivity index (χ0v) is 15.9. The molecule has 0 atom stereocenters. The summed E-state index contributed by atoms with van der Waals surface area (Å²) in [5, 5.41) is 5.97. The van der Waals surface area contributed by atoms with Gasteiger partial charge in [0.05, 0.1) is 19.4 Å². The van der Waals surface area contributed by atoms with Gasteiger partial charge in [-0.05, 0) is 38.1 Å². The molecule has 0 aliphatic carbocycles. The van der Waals surface area contributed by atoms with Gasteiger partial charge in [0.1, 0.15) is 0 Å². The smallest absolute Gasteiger partial charge is 0.324 e. The van der Waals surface area contributed by atoms with Crippen LogP contribution >= 0.6 is 11.6 Å². The summed E-state index contributed by atoms with van der Waals surface area (Å²) in [6.07, 6.45) is 8.39. The summed E-state index contributed by atoms with van der Waals surface area (Å²) >= 11 is 6.08. The Hall–Kier alpha value is -2.22. The molecule has 1 aliphatic rings. The van der Waals surface area contributed by atoms with Gasteiger partial charge in [-0.3, -0.25) is 10.3 Å². The Morgan fingerprint density at radius 2 is 2.04 bits per heavy atom. The average Bonchev–Trinajstić information content (AvgIpc) is 2.68. The second-order valence-corrected chi connectivity index (χ2v) is 6.86. The highest BCUT2D eigenvalue weighted by Gasteiger charge is 2.11. The number of carbonyl (C=O) groups is 1. The van der Waals surface area contributed by atoms with E-state index >= 15 is 0 Å². The monoisotopic (exact) mass is 389 g/mol. The molecule has 0 unspecified atom stereocenters. The predicted molar refractivity (Wildman–Crippen MR) is 106 cm³/mol. The Bertz CT molecular complexity index is 738. The molecule has 8 heteroatoms. The van der Waals surface area contributed by atoms with Crippen LogP contribution in [0.1, 0.15) is 24.8 Å². The Morgan fingerprint density at radius 3 is 2.81 bits per heavy atom. The largest absolute Gasteiger partial charge is 0.375 e. The molecule has 0 bridgehead atoms. The van der Waals surface area contributed by atoms with Crippen LogP contribution in [0.15, 0.2) is 36.8 Å². The van der Waals surface area contributed by atoms with E-state index in [1.165, 1.54) is 31.7 Å². The van der Waals surface area contributed by atoms with Crippen LogP contribution in [-0.4, -0.2) is 47.1 Å². The molecule has 1 aromatic carbocycles. The van der Waals surface area contributed by atoms with Crippen LogP contribution in [0.25, 0.3) is 0 Å². The minimum atomic E-state index is -0.410. The van der Waals surface area contributed by atoms with Crippen LogP contribution < -0.4 is 10.6 Å². The maximum absolute atomic E-state index is 12.2. The molecule has 7 nitrogen and oxygen atoms in total. The molecule has 144 valence electrons. The predicted octanol–water partition coefficient (Wildman–Crippen LogP) is 3.78. The lowest BCUT2D eigenvalue weighted by Gasteiger charge is -2.26. The van der Waals surface area contributed by atoms with Crippen molar-refractivity contribution in [2.24, 2.45) is 0 Å². The molecule has 1 saturated heterocycles. The number of rotatable bonds is 7. The molecule has 0 radical (unpaired) electrons. The normalized spacial score (nSPS) is 14.7. The van der Waals surface area contributed by atoms with Gasteiger partial charge >= 0.3 is 6.03 Å². The average molecular weight is 390 g/mol. The van der Waals surface area contributed by atoms with E-state index in [0.29, 0.717) is 29.7 Å². The lowest BCUT2D eigenvalue weighted by atomic mass is 10.1. The molecule has 2 heterocycles. The Morgan fingerprint density at radius 1 is 1.19 bits per heavy atom. The third kappa shape index (κ3) is 6.46. The molecular formula is C19H24ClN5O2. The second-order valence-electron chi connectivity index (χ2n) is 6.43. The summed E-state index contributed by atoms with van der Waals surface area (Å²) in [4.78, 5) is 22.6. The van der Waals surface area contributed by atoms with Crippen molar-refractivity contribution in [1.82, 2.24) is 14.9 Å². The van der Waals surface area contributed by atoms with Gasteiger partial charge < -0.3 is 15.0 Å². The number of aromatic nitrogens is 2. The first kappa shape index (κ1) is 19.5. The van der Waals surface area contributed by atoms with Gasteiger partial charge in [0.15, 0.2) is 5.82 Å². The number of carbonyl (C=O) groups excluding carboxylic acids is 1. The van der Waals surface area contributed by atoms with Crippen molar-refractivity contribution in [2.75, 3.05) is 36.9 Å². The van der Waals surface area contributed by atoms with Crippen molar-refractivity contribution in [2.45, 2.75) is 25.9 Å². The maximum atomic E-state index is 12.2. The van der Waals surface area contributed by atoms with Crippen molar-refractivity contribution < 1.29 is 9.53 Å². The van der Waals surface area contributed by atoms with Crippen LogP contribution in [-0.2, 0) is 11.3 Å². The highest BCUT2D eigenvalue weighted by atomic mass is 35.5. The van der Waals surface area contributed by atoms with E-state index in [4.69, 9.17) is 16.3 Å². The molecule has 2 amide bonds. The lowest BCUT2D eigenvalue weighted by molar-refractivity contribution is 0.0866. The van der Waals surface area contributed by atoms with Crippen molar-refractivity contribution in [3.8, 4) is 0 Å². The minimum Gasteiger partial charge on any atom is -0.375 e. The molecule has 0 saturated carbocycles. The fourth-order valence-electron chi connectivity index (χ4n) is 2.98. The number of nitrogens with one attached hydrogen (secondary N) is 2. The summed E-state index contributed by atoms with van der Waals surface area (Å²) < 4.78 is 5.82. The standard InChI is InChI=1S/C19H24ClN5O2/c20-16-5-4-15(14-27-11-10-25-8-2-1-3-9-25)17(12-16)23-19(26)24-18-13-21-6-7-22-18/h4-7,12-13H,1-3,8-11,14H2,(H2,22,23,24,26). The molecule has 27 heavy (non-hydrogen) atoms. The van der Waals surface area contributed by atoms with E-state index < -0.39 is 6.03 Å². The highest BCUT2D eigenvalue weighted by Crippen LogP contribution is 2.22. The van der Waals surface area contributed by atoms with E-state index in [1.807, 2.05) is 6.07 Å².